The molecule has 1 heteroatoms. The predicted molar refractivity (Wildman–Crippen MR) is 83.3 cm³/mol. The molecular formula is C19H18O. The van der Waals surface area contributed by atoms with Gasteiger partial charge in [0, 0.05) is 0 Å². The first kappa shape index (κ1) is 14.1. The van der Waals surface area contributed by atoms with Crippen molar-refractivity contribution in [3.63, 3.8) is 0 Å². The van der Waals surface area contributed by atoms with Crippen LogP contribution in [0.3, 0.4) is 0 Å². The molecule has 0 bridgehead atoms. The van der Waals surface area contributed by atoms with Crippen LogP contribution in [0.25, 0.3) is 0 Å². The van der Waals surface area contributed by atoms with Crippen molar-refractivity contribution in [3.8, 4) is 12.3 Å². The molecule has 0 spiro atoms. The first-order valence-corrected chi connectivity index (χ1v) is 6.62. The van der Waals surface area contributed by atoms with Crippen LogP contribution in [0.2, 0.25) is 0 Å². The number of allylic oxidation sites excluding steroid dienone is 1. The van der Waals surface area contributed by atoms with Gasteiger partial charge in [-0.15, -0.1) is 13.0 Å². The van der Waals surface area contributed by atoms with E-state index in [1.165, 1.54) is 0 Å². The molecule has 100 valence electrons. The van der Waals surface area contributed by atoms with Crippen LogP contribution in [0.1, 0.15) is 17.5 Å². The lowest BCUT2D eigenvalue weighted by atomic mass is 9.68. The van der Waals surface area contributed by atoms with Gasteiger partial charge >= 0.3 is 0 Å². The molecule has 1 atom stereocenters. The van der Waals surface area contributed by atoms with Crippen LogP contribution in [-0.2, 0) is 5.41 Å². The van der Waals surface area contributed by atoms with Crippen molar-refractivity contribution in [1.29, 1.82) is 0 Å². The first-order chi connectivity index (χ1) is 9.75. The van der Waals surface area contributed by atoms with Crippen molar-refractivity contribution in [2.24, 2.45) is 0 Å². The highest BCUT2D eigenvalue weighted by molar-refractivity contribution is 5.44. The van der Waals surface area contributed by atoms with Gasteiger partial charge in [0.05, 0.1) is 5.41 Å². The summed E-state index contributed by atoms with van der Waals surface area (Å²) in [6.45, 7) is 3.83. The fraction of sp³-hybridized carbons (Fsp3) is 0.158. The fourth-order valence-electron chi connectivity index (χ4n) is 2.67. The smallest absolute Gasteiger partial charge is 0.128 e. The molecule has 1 nitrogen and oxygen atoms in total. The third-order valence-corrected chi connectivity index (χ3v) is 3.67. The van der Waals surface area contributed by atoms with Crippen LogP contribution < -0.4 is 0 Å². The summed E-state index contributed by atoms with van der Waals surface area (Å²) in [6.07, 6.45) is 7.00. The number of hydrogen-bond donors (Lipinski definition) is 1. The molecular weight excluding hydrogens is 244 g/mol. The summed E-state index contributed by atoms with van der Waals surface area (Å²) >= 11 is 0. The monoisotopic (exact) mass is 262 g/mol. The van der Waals surface area contributed by atoms with E-state index in [0.29, 0.717) is 6.42 Å². The molecule has 2 rings (SSSR count). The Kier molecular flexibility index (Phi) is 4.40. The summed E-state index contributed by atoms with van der Waals surface area (Å²) in [4.78, 5) is 0. The molecule has 0 saturated carbocycles. The maximum Gasteiger partial charge on any atom is 0.128 e. The maximum atomic E-state index is 10.5. The van der Waals surface area contributed by atoms with Gasteiger partial charge < -0.3 is 5.11 Å². The SMILES string of the molecule is C#CC(O)C(CC=C)(c1ccccc1)c1ccccc1. The van der Waals surface area contributed by atoms with E-state index in [1.807, 2.05) is 60.7 Å². The molecule has 0 fully saturated rings. The summed E-state index contributed by atoms with van der Waals surface area (Å²) < 4.78 is 0. The molecule has 0 aromatic heterocycles. The third-order valence-electron chi connectivity index (χ3n) is 3.67. The average molecular weight is 262 g/mol. The normalized spacial score (nSPS) is 12.4. The Morgan fingerprint density at radius 1 is 1.05 bits per heavy atom. The maximum absolute atomic E-state index is 10.5. The van der Waals surface area contributed by atoms with Gasteiger partial charge in [-0.05, 0) is 17.5 Å². The van der Waals surface area contributed by atoms with Gasteiger partial charge in [-0.1, -0.05) is 72.7 Å². The lowest BCUT2D eigenvalue weighted by Gasteiger charge is -2.36. The molecule has 0 saturated heterocycles. The third kappa shape index (κ3) is 2.39. The van der Waals surface area contributed by atoms with Gasteiger partial charge in [-0.25, -0.2) is 0 Å². The number of aliphatic hydroxyl groups excluding tert-OH is 1. The zero-order valence-corrected chi connectivity index (χ0v) is 11.4. The summed E-state index contributed by atoms with van der Waals surface area (Å²) in [7, 11) is 0. The van der Waals surface area contributed by atoms with Crippen molar-refractivity contribution in [2.75, 3.05) is 0 Å². The summed E-state index contributed by atoms with van der Waals surface area (Å²) in [5.74, 6) is 2.50. The van der Waals surface area contributed by atoms with Crippen LogP contribution >= 0.6 is 0 Å². The molecule has 1 N–H and O–H groups in total. The Bertz CT molecular complexity index is 553. The number of terminal acetylenes is 1. The second-order valence-electron chi connectivity index (χ2n) is 4.77. The van der Waals surface area contributed by atoms with Gasteiger partial charge in [-0.3, -0.25) is 0 Å². The minimum absolute atomic E-state index is 0.576. The van der Waals surface area contributed by atoms with E-state index in [4.69, 9.17) is 6.42 Å². The van der Waals surface area contributed by atoms with Gasteiger partial charge in [0.15, 0.2) is 0 Å². The predicted octanol–water partition coefficient (Wildman–Crippen LogP) is 3.54. The Labute approximate surface area is 120 Å². The Balaban J connectivity index is 2.70. The Hall–Kier alpha value is -2.30. The van der Waals surface area contributed by atoms with Crippen LogP contribution in [0.15, 0.2) is 73.3 Å². The van der Waals surface area contributed by atoms with E-state index in [9.17, 15) is 5.11 Å². The van der Waals surface area contributed by atoms with Crippen LogP contribution in [-0.4, -0.2) is 11.2 Å². The number of aliphatic hydroxyl groups is 1. The van der Waals surface area contributed by atoms with Crippen molar-refractivity contribution >= 4 is 0 Å². The van der Waals surface area contributed by atoms with Crippen LogP contribution in [0.5, 0.6) is 0 Å². The summed E-state index contributed by atoms with van der Waals surface area (Å²) in [5, 5.41) is 10.5. The summed E-state index contributed by atoms with van der Waals surface area (Å²) in [5.41, 5.74) is 1.34. The first-order valence-electron chi connectivity index (χ1n) is 6.62. The highest BCUT2D eigenvalue weighted by Gasteiger charge is 2.39. The van der Waals surface area contributed by atoms with E-state index >= 15 is 0 Å². The molecule has 20 heavy (non-hydrogen) atoms. The van der Waals surface area contributed by atoms with Crippen LogP contribution in [0, 0.1) is 12.3 Å². The lowest BCUT2D eigenvalue weighted by Crippen LogP contribution is -2.39. The van der Waals surface area contributed by atoms with Crippen molar-refractivity contribution in [3.05, 3.63) is 84.4 Å². The van der Waals surface area contributed by atoms with E-state index in [-0.39, 0.29) is 0 Å². The molecule has 2 aromatic rings. The number of benzene rings is 2. The van der Waals surface area contributed by atoms with Crippen LogP contribution in [0.4, 0.5) is 0 Å². The van der Waals surface area contributed by atoms with Crippen molar-refractivity contribution in [1.82, 2.24) is 0 Å². The van der Waals surface area contributed by atoms with Gasteiger partial charge in [-0.2, -0.15) is 0 Å². The second kappa shape index (κ2) is 6.23. The van der Waals surface area contributed by atoms with Crippen molar-refractivity contribution in [2.45, 2.75) is 17.9 Å². The number of hydrogen-bond acceptors (Lipinski definition) is 1. The molecule has 0 heterocycles. The quantitative estimate of drug-likeness (QED) is 0.645. The summed E-state index contributed by atoms with van der Waals surface area (Å²) in [6, 6.07) is 19.7. The molecule has 0 radical (unpaired) electrons. The van der Waals surface area contributed by atoms with E-state index in [0.717, 1.165) is 11.1 Å². The highest BCUT2D eigenvalue weighted by Crippen LogP contribution is 2.39. The molecule has 1 unspecified atom stereocenters. The van der Waals surface area contributed by atoms with Gasteiger partial charge in [0.25, 0.3) is 0 Å². The highest BCUT2D eigenvalue weighted by atomic mass is 16.3. The number of rotatable bonds is 5. The second-order valence-corrected chi connectivity index (χ2v) is 4.77. The zero-order chi connectivity index (χ0) is 14.4. The zero-order valence-electron chi connectivity index (χ0n) is 11.4. The van der Waals surface area contributed by atoms with E-state index < -0.39 is 11.5 Å². The molecule has 0 aliphatic carbocycles. The van der Waals surface area contributed by atoms with Gasteiger partial charge in [0.1, 0.15) is 6.10 Å². The molecule has 2 aromatic carbocycles. The standard InChI is InChI=1S/C19H18O/c1-3-15-19(18(20)4-2,16-11-7-5-8-12-16)17-13-9-6-10-14-17/h2-3,5-14,18,20H,1,15H2. The molecule has 0 amide bonds. The van der Waals surface area contributed by atoms with E-state index in [2.05, 4.69) is 12.5 Å². The molecule has 0 aliphatic heterocycles. The van der Waals surface area contributed by atoms with E-state index in [1.54, 1.807) is 6.08 Å². The molecule has 0 aliphatic rings. The lowest BCUT2D eigenvalue weighted by molar-refractivity contribution is 0.156. The Morgan fingerprint density at radius 3 is 1.85 bits per heavy atom. The largest absolute Gasteiger partial charge is 0.379 e. The van der Waals surface area contributed by atoms with Crippen molar-refractivity contribution < 1.29 is 5.11 Å². The minimum atomic E-state index is -0.912. The Morgan fingerprint density at radius 2 is 1.50 bits per heavy atom. The average Bonchev–Trinajstić information content (AvgIpc) is 2.53. The minimum Gasteiger partial charge on any atom is -0.379 e. The van der Waals surface area contributed by atoms with Gasteiger partial charge in [0.2, 0.25) is 0 Å². The fourth-order valence-corrected chi connectivity index (χ4v) is 2.67. The topological polar surface area (TPSA) is 20.2 Å².